The zero-order chi connectivity index (χ0) is 14.0. The maximum atomic E-state index is 11.6. The molecule has 0 aromatic carbocycles. The zero-order valence-corrected chi connectivity index (χ0v) is 11.5. The Morgan fingerprint density at radius 1 is 1.47 bits per heavy atom. The Hall–Kier alpha value is -2.09. The number of anilines is 2. The fourth-order valence-corrected chi connectivity index (χ4v) is 2.43. The van der Waals surface area contributed by atoms with Crippen molar-refractivity contribution in [2.45, 2.75) is 11.4 Å². The average Bonchev–Trinajstić information content (AvgIpc) is 2.67. The molecule has 2 rings (SSSR count). The Balaban J connectivity index is 2.23. The molecule has 0 radical (unpaired) electrons. The largest absolute Gasteiger partial charge is 0.384 e. The number of rotatable bonds is 4. The van der Waals surface area contributed by atoms with Crippen LogP contribution >= 0.6 is 0 Å². The highest BCUT2D eigenvalue weighted by Gasteiger charge is 2.14. The second-order valence-corrected chi connectivity index (χ2v) is 6.14. The van der Waals surface area contributed by atoms with Crippen LogP contribution in [0, 0.1) is 0 Å². The van der Waals surface area contributed by atoms with E-state index < -0.39 is 9.84 Å². The first-order valence-electron chi connectivity index (χ1n) is 5.55. The normalized spacial score (nSPS) is 11.5. The fourth-order valence-electron chi connectivity index (χ4n) is 1.63. The molecule has 8 heteroatoms. The van der Waals surface area contributed by atoms with E-state index in [-0.39, 0.29) is 4.90 Å². The summed E-state index contributed by atoms with van der Waals surface area (Å²) in [7, 11) is -1.58. The van der Waals surface area contributed by atoms with Crippen LogP contribution in [-0.4, -0.2) is 29.4 Å². The minimum atomic E-state index is -3.32. The maximum absolute atomic E-state index is 11.6. The van der Waals surface area contributed by atoms with Crippen molar-refractivity contribution in [3.63, 3.8) is 0 Å². The van der Waals surface area contributed by atoms with Crippen molar-refractivity contribution in [2.75, 3.05) is 17.3 Å². The lowest BCUT2D eigenvalue weighted by Crippen LogP contribution is -2.09. The molecule has 0 fully saturated rings. The van der Waals surface area contributed by atoms with Crippen LogP contribution in [0.15, 0.2) is 29.4 Å². The van der Waals surface area contributed by atoms with Crippen LogP contribution < -0.4 is 11.1 Å². The second kappa shape index (κ2) is 4.88. The van der Waals surface area contributed by atoms with Crippen molar-refractivity contribution in [3.05, 3.63) is 30.1 Å². The van der Waals surface area contributed by atoms with Gasteiger partial charge in [-0.1, -0.05) is 0 Å². The molecule has 0 atom stereocenters. The maximum Gasteiger partial charge on any atom is 0.179 e. The van der Waals surface area contributed by atoms with Gasteiger partial charge < -0.3 is 11.1 Å². The van der Waals surface area contributed by atoms with Crippen LogP contribution in [0.4, 0.5) is 11.6 Å². The molecule has 3 N–H and O–H groups in total. The third kappa shape index (κ3) is 2.84. The smallest absolute Gasteiger partial charge is 0.179 e. The molecule has 0 bridgehead atoms. The van der Waals surface area contributed by atoms with E-state index in [1.165, 1.54) is 12.3 Å². The minimum absolute atomic E-state index is 0.164. The number of sulfone groups is 1. The number of nitrogens with two attached hydrogens (primary N) is 1. The summed E-state index contributed by atoms with van der Waals surface area (Å²) in [5, 5.41) is 6.98. The number of hydrogen-bond acceptors (Lipinski definition) is 6. The van der Waals surface area contributed by atoms with Gasteiger partial charge in [0.15, 0.2) is 9.84 Å². The van der Waals surface area contributed by atoms with Crippen molar-refractivity contribution in [1.82, 2.24) is 14.8 Å². The summed E-state index contributed by atoms with van der Waals surface area (Å²) >= 11 is 0. The van der Waals surface area contributed by atoms with E-state index in [1.54, 1.807) is 24.0 Å². The molecule has 102 valence electrons. The molecule has 0 aliphatic carbocycles. The number of pyridine rings is 1. The van der Waals surface area contributed by atoms with Crippen molar-refractivity contribution >= 4 is 21.5 Å². The van der Waals surface area contributed by atoms with Gasteiger partial charge in [0.1, 0.15) is 16.5 Å². The summed E-state index contributed by atoms with van der Waals surface area (Å²) in [6.45, 7) is 0.360. The van der Waals surface area contributed by atoms with Crippen LogP contribution in [0.5, 0.6) is 0 Å². The average molecular weight is 281 g/mol. The quantitative estimate of drug-likeness (QED) is 0.841. The third-order valence-electron chi connectivity index (χ3n) is 2.68. The van der Waals surface area contributed by atoms with E-state index in [0.717, 1.165) is 11.8 Å². The number of nitrogens with one attached hydrogen (secondary N) is 1. The molecule has 0 aliphatic heterocycles. The van der Waals surface area contributed by atoms with Crippen molar-refractivity contribution in [3.8, 4) is 0 Å². The topological polar surface area (TPSA) is 103 Å². The number of aromatic nitrogens is 3. The zero-order valence-electron chi connectivity index (χ0n) is 10.7. The summed E-state index contributed by atoms with van der Waals surface area (Å²) < 4.78 is 24.8. The van der Waals surface area contributed by atoms with Crippen LogP contribution in [0.2, 0.25) is 0 Å². The molecule has 0 saturated heterocycles. The van der Waals surface area contributed by atoms with Crippen molar-refractivity contribution in [1.29, 1.82) is 0 Å². The molecule has 0 aliphatic rings. The molecule has 0 spiro atoms. The molecular weight excluding hydrogens is 266 g/mol. The number of hydrogen-bond donors (Lipinski definition) is 2. The van der Waals surface area contributed by atoms with E-state index in [4.69, 9.17) is 5.73 Å². The first-order valence-corrected chi connectivity index (χ1v) is 7.44. The molecule has 0 amide bonds. The number of nitrogen functional groups attached to an aromatic ring is 1. The standard InChI is InChI=1S/C11H15N5O2S/c1-16-10(12)8(7-15-16)6-14-11-9(19(2,17)18)4-3-5-13-11/h3-5,7H,6,12H2,1-2H3,(H,13,14). The van der Waals surface area contributed by atoms with Gasteiger partial charge in [0.25, 0.3) is 0 Å². The molecule has 2 heterocycles. The van der Waals surface area contributed by atoms with Crippen LogP contribution in [0.1, 0.15) is 5.56 Å². The summed E-state index contributed by atoms with van der Waals surface area (Å²) in [4.78, 5) is 4.20. The van der Waals surface area contributed by atoms with Gasteiger partial charge in [0, 0.05) is 31.6 Å². The SMILES string of the molecule is Cn1ncc(CNc2ncccc2S(C)(=O)=O)c1N. The Bertz CT molecular complexity index is 693. The van der Waals surface area contributed by atoms with Gasteiger partial charge in [-0.05, 0) is 12.1 Å². The predicted molar refractivity (Wildman–Crippen MR) is 72.3 cm³/mol. The first kappa shape index (κ1) is 13.3. The highest BCUT2D eigenvalue weighted by atomic mass is 32.2. The van der Waals surface area contributed by atoms with Crippen LogP contribution in [0.25, 0.3) is 0 Å². The molecule has 2 aromatic rings. The second-order valence-electron chi connectivity index (χ2n) is 4.15. The van der Waals surface area contributed by atoms with Gasteiger partial charge in [-0.25, -0.2) is 13.4 Å². The summed E-state index contributed by atoms with van der Waals surface area (Å²) in [5.74, 6) is 0.845. The van der Waals surface area contributed by atoms with E-state index >= 15 is 0 Å². The van der Waals surface area contributed by atoms with Gasteiger partial charge in [-0.2, -0.15) is 5.10 Å². The van der Waals surface area contributed by atoms with Crippen LogP contribution in [-0.2, 0) is 23.4 Å². The number of nitrogens with zero attached hydrogens (tertiary/aromatic N) is 3. The van der Waals surface area contributed by atoms with Crippen molar-refractivity contribution < 1.29 is 8.42 Å². The Kier molecular flexibility index (Phi) is 3.43. The van der Waals surface area contributed by atoms with E-state index in [0.29, 0.717) is 18.2 Å². The lowest BCUT2D eigenvalue weighted by molar-refractivity contribution is 0.601. The lowest BCUT2D eigenvalue weighted by atomic mass is 10.3. The first-order chi connectivity index (χ1) is 8.89. The summed E-state index contributed by atoms with van der Waals surface area (Å²) in [6, 6.07) is 3.09. The van der Waals surface area contributed by atoms with Gasteiger partial charge in [-0.3, -0.25) is 4.68 Å². The Morgan fingerprint density at radius 3 is 2.79 bits per heavy atom. The fraction of sp³-hybridized carbons (Fsp3) is 0.273. The van der Waals surface area contributed by atoms with Gasteiger partial charge in [0.05, 0.1) is 6.20 Å². The van der Waals surface area contributed by atoms with E-state index in [9.17, 15) is 8.42 Å². The minimum Gasteiger partial charge on any atom is -0.384 e. The number of aryl methyl sites for hydroxylation is 1. The van der Waals surface area contributed by atoms with Crippen LogP contribution in [0.3, 0.4) is 0 Å². The Morgan fingerprint density at radius 2 is 2.21 bits per heavy atom. The van der Waals surface area contributed by atoms with E-state index in [2.05, 4.69) is 15.4 Å². The Labute approximate surface area is 111 Å². The molecule has 7 nitrogen and oxygen atoms in total. The molecule has 19 heavy (non-hydrogen) atoms. The summed E-state index contributed by atoms with van der Waals surface area (Å²) in [5.41, 5.74) is 6.60. The monoisotopic (exact) mass is 281 g/mol. The molecule has 0 saturated carbocycles. The molecular formula is C11H15N5O2S. The highest BCUT2D eigenvalue weighted by molar-refractivity contribution is 7.90. The molecule has 2 aromatic heterocycles. The lowest BCUT2D eigenvalue weighted by Gasteiger charge is -2.09. The van der Waals surface area contributed by atoms with E-state index in [1.807, 2.05) is 0 Å². The van der Waals surface area contributed by atoms with Crippen molar-refractivity contribution in [2.24, 2.45) is 7.05 Å². The third-order valence-corrected chi connectivity index (χ3v) is 3.81. The predicted octanol–water partition coefficient (Wildman–Crippen LogP) is 0.413. The van der Waals surface area contributed by atoms with Gasteiger partial charge in [0.2, 0.25) is 0 Å². The van der Waals surface area contributed by atoms with Gasteiger partial charge >= 0.3 is 0 Å². The molecule has 0 unspecified atom stereocenters. The summed E-state index contributed by atoms with van der Waals surface area (Å²) in [6.07, 6.45) is 4.31. The van der Waals surface area contributed by atoms with Gasteiger partial charge in [-0.15, -0.1) is 0 Å². The highest BCUT2D eigenvalue weighted by Crippen LogP contribution is 2.19.